The minimum atomic E-state index is -3.95. The van der Waals surface area contributed by atoms with Crippen molar-refractivity contribution in [1.29, 1.82) is 0 Å². The molecule has 13 heteroatoms. The summed E-state index contributed by atoms with van der Waals surface area (Å²) in [5.74, 6) is 1.17. The fraction of sp³-hybridized carbons (Fsp3) is 0.429. The third-order valence-electron chi connectivity index (χ3n) is 5.78. The Morgan fingerprint density at radius 2 is 1.76 bits per heavy atom. The number of hydrogen-bond acceptors (Lipinski definition) is 9. The van der Waals surface area contributed by atoms with E-state index in [0.29, 0.717) is 40.5 Å². The zero-order valence-corrected chi connectivity index (χ0v) is 20.7. The number of aromatic nitrogens is 5. The summed E-state index contributed by atoms with van der Waals surface area (Å²) in [5, 5.41) is 7.84. The first-order valence-electron chi connectivity index (χ1n) is 10.5. The summed E-state index contributed by atoms with van der Waals surface area (Å²) < 4.78 is 47.6. The fourth-order valence-corrected chi connectivity index (χ4v) is 4.87. The van der Waals surface area contributed by atoms with Crippen LogP contribution < -0.4 is 14.2 Å². The smallest absolute Gasteiger partial charge is 0.243 e. The lowest BCUT2D eigenvalue weighted by atomic mass is 10.1. The van der Waals surface area contributed by atoms with Crippen LogP contribution in [0, 0.1) is 0 Å². The molecular weight excluding hydrogens is 484 g/mol. The average molecular weight is 509 g/mol. The van der Waals surface area contributed by atoms with Gasteiger partial charge in [0.15, 0.2) is 5.82 Å². The number of anilines is 1. The molecule has 182 valence electrons. The summed E-state index contributed by atoms with van der Waals surface area (Å²) >= 11 is 5.86. The van der Waals surface area contributed by atoms with E-state index in [2.05, 4.69) is 24.9 Å². The number of benzene rings is 1. The van der Waals surface area contributed by atoms with Crippen LogP contribution in [0.4, 0.5) is 5.95 Å². The number of rotatable bonds is 9. The summed E-state index contributed by atoms with van der Waals surface area (Å²) in [6, 6.07) is 5.25. The van der Waals surface area contributed by atoms with Gasteiger partial charge in [0.25, 0.3) is 0 Å². The van der Waals surface area contributed by atoms with Crippen molar-refractivity contribution in [3.8, 4) is 17.2 Å². The second-order valence-corrected chi connectivity index (χ2v) is 10.3. The Balaban J connectivity index is 1.74. The Labute approximate surface area is 202 Å². The van der Waals surface area contributed by atoms with Crippen molar-refractivity contribution in [3.63, 3.8) is 0 Å². The minimum Gasteiger partial charge on any atom is -0.494 e. The lowest BCUT2D eigenvalue weighted by Crippen LogP contribution is -2.32. The van der Waals surface area contributed by atoms with Gasteiger partial charge in [-0.3, -0.25) is 9.29 Å². The molecule has 0 saturated carbocycles. The predicted molar refractivity (Wildman–Crippen MR) is 125 cm³/mol. The maximum Gasteiger partial charge on any atom is 0.243 e. The molecule has 3 atom stereocenters. The quantitative estimate of drug-likeness (QED) is 0.463. The van der Waals surface area contributed by atoms with E-state index in [9.17, 15) is 8.42 Å². The van der Waals surface area contributed by atoms with Crippen LogP contribution in [0.3, 0.4) is 0 Å². The molecule has 1 N–H and O–H groups in total. The molecule has 1 aliphatic rings. The predicted octanol–water partition coefficient (Wildman–Crippen LogP) is 3.12. The normalized spacial score (nSPS) is 17.5. The molecule has 3 aromatic rings. The summed E-state index contributed by atoms with van der Waals surface area (Å²) in [7, 11) is -0.919. The molecule has 3 heterocycles. The highest BCUT2D eigenvalue weighted by Crippen LogP contribution is 2.39. The molecule has 0 amide bonds. The van der Waals surface area contributed by atoms with Crippen molar-refractivity contribution < 1.29 is 22.6 Å². The Kier molecular flexibility index (Phi) is 6.91. The van der Waals surface area contributed by atoms with E-state index < -0.39 is 21.2 Å². The molecular formula is C21H25ClN6O5S. The standard InChI is InChI=1S/C21H25ClN6O5S/c1-12(19-23-10-14(22)11-24-19)13(2)34(29,30)27-21-26-25-20(17-8-9-33-17)28(21)18-15(31-3)6-5-7-16(18)32-4/h5-7,10-13,17H,8-9H2,1-4H3,(H,26,27)/t12-,13-,17-/m0/s1. The van der Waals surface area contributed by atoms with Crippen molar-refractivity contribution in [1.82, 2.24) is 24.7 Å². The van der Waals surface area contributed by atoms with Crippen LogP contribution in [0.15, 0.2) is 30.6 Å². The average Bonchev–Trinajstić information content (AvgIpc) is 3.18. The molecule has 1 saturated heterocycles. The molecule has 1 aromatic carbocycles. The minimum absolute atomic E-state index is 0.00984. The van der Waals surface area contributed by atoms with Gasteiger partial charge in [-0.2, -0.15) is 0 Å². The van der Waals surface area contributed by atoms with Gasteiger partial charge in [0.2, 0.25) is 16.0 Å². The number of sulfonamides is 1. The number of nitrogens with one attached hydrogen (secondary N) is 1. The van der Waals surface area contributed by atoms with Gasteiger partial charge in [0.05, 0.1) is 31.1 Å². The van der Waals surface area contributed by atoms with E-state index in [1.54, 1.807) is 36.6 Å². The Morgan fingerprint density at radius 1 is 1.15 bits per heavy atom. The molecule has 0 radical (unpaired) electrons. The van der Waals surface area contributed by atoms with Gasteiger partial charge in [-0.1, -0.05) is 24.6 Å². The molecule has 1 aliphatic heterocycles. The fourth-order valence-electron chi connectivity index (χ4n) is 3.54. The molecule has 0 unspecified atom stereocenters. The van der Waals surface area contributed by atoms with Gasteiger partial charge >= 0.3 is 0 Å². The number of halogens is 1. The third-order valence-corrected chi connectivity index (χ3v) is 7.82. The van der Waals surface area contributed by atoms with E-state index in [4.69, 9.17) is 25.8 Å². The first-order chi connectivity index (χ1) is 16.3. The maximum atomic E-state index is 13.4. The first-order valence-corrected chi connectivity index (χ1v) is 12.5. The Bertz CT molecular complexity index is 1240. The second-order valence-electron chi connectivity index (χ2n) is 7.78. The highest BCUT2D eigenvalue weighted by atomic mass is 35.5. The topological polar surface area (TPSA) is 130 Å². The lowest BCUT2D eigenvalue weighted by molar-refractivity contribution is -0.0589. The highest BCUT2D eigenvalue weighted by Gasteiger charge is 2.35. The summed E-state index contributed by atoms with van der Waals surface area (Å²) in [5.41, 5.74) is 0.461. The Hall–Kier alpha value is -2.96. The lowest BCUT2D eigenvalue weighted by Gasteiger charge is -2.27. The SMILES string of the molecule is COc1cccc(OC)c1-n1c(NS(=O)(=O)[C@@H](C)[C@H](C)c2ncc(Cl)cn2)nnc1[C@@H]1CCO1. The van der Waals surface area contributed by atoms with E-state index in [1.807, 2.05) is 0 Å². The Morgan fingerprint density at radius 3 is 2.29 bits per heavy atom. The van der Waals surface area contributed by atoms with Gasteiger partial charge in [-0.05, 0) is 19.1 Å². The largest absolute Gasteiger partial charge is 0.494 e. The first kappa shape index (κ1) is 24.2. The van der Waals surface area contributed by atoms with Crippen LogP contribution in [-0.2, 0) is 14.8 Å². The number of ether oxygens (including phenoxy) is 3. The molecule has 1 fully saturated rings. The van der Waals surface area contributed by atoms with Crippen LogP contribution in [0.25, 0.3) is 5.69 Å². The number of methoxy groups -OCH3 is 2. The number of nitrogens with zero attached hydrogens (tertiary/aromatic N) is 5. The van der Waals surface area contributed by atoms with E-state index in [1.165, 1.54) is 26.6 Å². The molecule has 4 rings (SSSR count). The zero-order valence-electron chi connectivity index (χ0n) is 19.1. The van der Waals surface area contributed by atoms with Gasteiger partial charge in [-0.25, -0.2) is 18.4 Å². The third kappa shape index (κ3) is 4.52. The molecule has 0 aliphatic carbocycles. The number of para-hydroxylation sites is 1. The molecule has 2 aromatic heterocycles. The second kappa shape index (κ2) is 9.72. The van der Waals surface area contributed by atoms with E-state index in [-0.39, 0.29) is 12.1 Å². The van der Waals surface area contributed by atoms with Crippen LogP contribution in [-0.4, -0.2) is 59.2 Å². The maximum absolute atomic E-state index is 13.4. The summed E-state index contributed by atoms with van der Waals surface area (Å²) in [4.78, 5) is 8.32. The van der Waals surface area contributed by atoms with Gasteiger partial charge in [0, 0.05) is 24.7 Å². The molecule has 0 spiro atoms. The molecule has 11 nitrogen and oxygen atoms in total. The van der Waals surface area contributed by atoms with Crippen molar-refractivity contribution in [2.45, 2.75) is 37.5 Å². The summed E-state index contributed by atoms with van der Waals surface area (Å²) in [6.45, 7) is 3.89. The van der Waals surface area contributed by atoms with Gasteiger partial charge < -0.3 is 14.2 Å². The van der Waals surface area contributed by atoms with E-state index in [0.717, 1.165) is 6.42 Å². The van der Waals surface area contributed by atoms with Crippen LogP contribution in [0.5, 0.6) is 11.5 Å². The van der Waals surface area contributed by atoms with E-state index >= 15 is 0 Å². The number of hydrogen-bond donors (Lipinski definition) is 1. The highest BCUT2D eigenvalue weighted by molar-refractivity contribution is 7.93. The van der Waals surface area contributed by atoms with Crippen molar-refractivity contribution >= 4 is 27.6 Å². The summed E-state index contributed by atoms with van der Waals surface area (Å²) in [6.07, 6.45) is 3.26. The van der Waals surface area contributed by atoms with Crippen LogP contribution in [0.1, 0.15) is 43.9 Å². The van der Waals surface area contributed by atoms with Crippen LogP contribution in [0.2, 0.25) is 5.02 Å². The van der Waals surface area contributed by atoms with Gasteiger partial charge in [0.1, 0.15) is 29.1 Å². The van der Waals surface area contributed by atoms with Crippen molar-refractivity contribution in [2.75, 3.05) is 25.5 Å². The molecule has 34 heavy (non-hydrogen) atoms. The van der Waals surface area contributed by atoms with Crippen molar-refractivity contribution in [2.24, 2.45) is 0 Å². The molecule has 0 bridgehead atoms. The van der Waals surface area contributed by atoms with Crippen LogP contribution >= 0.6 is 11.6 Å². The van der Waals surface area contributed by atoms with Gasteiger partial charge in [-0.15, -0.1) is 10.2 Å². The van der Waals surface area contributed by atoms with Crippen molar-refractivity contribution in [3.05, 3.63) is 47.3 Å². The zero-order chi connectivity index (χ0) is 24.5. The monoisotopic (exact) mass is 508 g/mol.